The number of hydrogen-bond acceptors (Lipinski definition) is 3. The Morgan fingerprint density at radius 1 is 1.33 bits per heavy atom. The molecule has 0 aliphatic rings. The standard InChI is InChI=1S/C10H14ClN3O3S/c11-6-3-7-13-10(15)14-8-4-1-2-5-9(8)18(12,16)17/h1-2,4-5H,3,6-7H2,(H2,12,16,17)(H2,13,14,15). The minimum absolute atomic E-state index is 0.127. The second-order valence-corrected chi connectivity index (χ2v) is 5.37. The molecule has 0 atom stereocenters. The highest BCUT2D eigenvalue weighted by Gasteiger charge is 2.14. The van der Waals surface area contributed by atoms with Gasteiger partial charge < -0.3 is 10.6 Å². The molecule has 1 rings (SSSR count). The third-order valence-corrected chi connectivity index (χ3v) is 3.27. The minimum Gasteiger partial charge on any atom is -0.338 e. The predicted octanol–water partition coefficient (Wildman–Crippen LogP) is 1.08. The zero-order chi connectivity index (χ0) is 13.6. The van der Waals surface area contributed by atoms with Crippen LogP contribution in [0.15, 0.2) is 29.2 Å². The van der Waals surface area contributed by atoms with Crippen LogP contribution in [-0.2, 0) is 10.0 Å². The van der Waals surface area contributed by atoms with Crippen molar-refractivity contribution in [2.75, 3.05) is 17.7 Å². The van der Waals surface area contributed by atoms with E-state index in [0.29, 0.717) is 18.8 Å². The molecule has 1 aromatic rings. The van der Waals surface area contributed by atoms with E-state index in [1.165, 1.54) is 18.2 Å². The van der Waals surface area contributed by atoms with Crippen molar-refractivity contribution in [3.63, 3.8) is 0 Å². The van der Waals surface area contributed by atoms with Crippen LogP contribution < -0.4 is 15.8 Å². The average Bonchev–Trinajstić information content (AvgIpc) is 2.28. The average molecular weight is 292 g/mol. The lowest BCUT2D eigenvalue weighted by molar-refractivity contribution is 0.252. The largest absolute Gasteiger partial charge is 0.338 e. The van der Waals surface area contributed by atoms with E-state index < -0.39 is 16.1 Å². The molecule has 0 heterocycles. The van der Waals surface area contributed by atoms with E-state index in [4.69, 9.17) is 16.7 Å². The summed E-state index contributed by atoms with van der Waals surface area (Å²) in [5.41, 5.74) is 0.142. The van der Waals surface area contributed by atoms with Crippen molar-refractivity contribution in [3.8, 4) is 0 Å². The van der Waals surface area contributed by atoms with Gasteiger partial charge in [-0.3, -0.25) is 0 Å². The van der Waals surface area contributed by atoms with Gasteiger partial charge in [0.15, 0.2) is 0 Å². The number of nitrogens with two attached hydrogens (primary N) is 1. The molecule has 0 unspecified atom stereocenters. The van der Waals surface area contributed by atoms with E-state index >= 15 is 0 Å². The molecule has 8 heteroatoms. The number of urea groups is 1. The van der Waals surface area contributed by atoms with Crippen LogP contribution in [0.25, 0.3) is 0 Å². The highest BCUT2D eigenvalue weighted by Crippen LogP contribution is 2.18. The lowest BCUT2D eigenvalue weighted by atomic mass is 10.3. The van der Waals surface area contributed by atoms with Crippen molar-refractivity contribution in [1.82, 2.24) is 5.32 Å². The van der Waals surface area contributed by atoms with E-state index in [-0.39, 0.29) is 10.6 Å². The van der Waals surface area contributed by atoms with Crippen molar-refractivity contribution < 1.29 is 13.2 Å². The lowest BCUT2D eigenvalue weighted by Crippen LogP contribution is -2.30. The zero-order valence-electron chi connectivity index (χ0n) is 9.52. The third-order valence-electron chi connectivity index (χ3n) is 2.04. The van der Waals surface area contributed by atoms with Crippen LogP contribution in [0.3, 0.4) is 0 Å². The fraction of sp³-hybridized carbons (Fsp3) is 0.300. The van der Waals surface area contributed by atoms with Gasteiger partial charge in [-0.05, 0) is 18.6 Å². The van der Waals surface area contributed by atoms with Crippen LogP contribution in [0.2, 0.25) is 0 Å². The molecule has 6 nitrogen and oxygen atoms in total. The maximum Gasteiger partial charge on any atom is 0.319 e. The molecule has 0 spiro atoms. The number of alkyl halides is 1. The summed E-state index contributed by atoms with van der Waals surface area (Å²) >= 11 is 5.46. The summed E-state index contributed by atoms with van der Waals surface area (Å²) in [5.74, 6) is 0.439. The summed E-state index contributed by atoms with van der Waals surface area (Å²) in [7, 11) is -3.87. The predicted molar refractivity (Wildman–Crippen MR) is 70.2 cm³/mol. The van der Waals surface area contributed by atoms with Gasteiger partial charge in [-0.1, -0.05) is 12.1 Å². The summed E-state index contributed by atoms with van der Waals surface area (Å²) in [6, 6.07) is 5.40. The summed E-state index contributed by atoms with van der Waals surface area (Å²) in [4.78, 5) is 11.3. The van der Waals surface area contributed by atoms with Gasteiger partial charge in [0.1, 0.15) is 4.90 Å². The van der Waals surface area contributed by atoms with Gasteiger partial charge in [-0.2, -0.15) is 0 Å². The van der Waals surface area contributed by atoms with Crippen LogP contribution >= 0.6 is 11.6 Å². The normalized spacial score (nSPS) is 11.0. The Balaban J connectivity index is 2.76. The number of halogens is 1. The number of carbonyl (C=O) groups excluding carboxylic acids is 1. The van der Waals surface area contributed by atoms with Gasteiger partial charge in [-0.15, -0.1) is 11.6 Å². The summed E-state index contributed by atoms with van der Waals surface area (Å²) in [6.07, 6.45) is 0.631. The van der Waals surface area contributed by atoms with E-state index in [2.05, 4.69) is 10.6 Å². The number of benzene rings is 1. The molecule has 0 aromatic heterocycles. The first-order chi connectivity index (χ1) is 8.45. The molecular formula is C10H14ClN3O3S. The zero-order valence-corrected chi connectivity index (χ0v) is 11.1. The molecule has 4 N–H and O–H groups in total. The third kappa shape index (κ3) is 4.52. The number of amides is 2. The van der Waals surface area contributed by atoms with E-state index in [0.717, 1.165) is 0 Å². The quantitative estimate of drug-likeness (QED) is 0.559. The van der Waals surface area contributed by atoms with Gasteiger partial charge >= 0.3 is 6.03 Å². The first kappa shape index (κ1) is 14.7. The number of primary sulfonamides is 1. The summed E-state index contributed by atoms with van der Waals surface area (Å²) in [5, 5.41) is 10.0. The minimum atomic E-state index is -3.87. The van der Waals surface area contributed by atoms with E-state index in [1.54, 1.807) is 6.07 Å². The highest BCUT2D eigenvalue weighted by molar-refractivity contribution is 7.89. The molecule has 100 valence electrons. The van der Waals surface area contributed by atoms with Gasteiger partial charge in [0.05, 0.1) is 5.69 Å². The SMILES string of the molecule is NS(=O)(=O)c1ccccc1NC(=O)NCCCCl. The molecule has 0 radical (unpaired) electrons. The second kappa shape index (κ2) is 6.58. The number of rotatable bonds is 5. The highest BCUT2D eigenvalue weighted by atomic mass is 35.5. The van der Waals surface area contributed by atoms with Crippen LogP contribution in [0.1, 0.15) is 6.42 Å². The molecule has 0 aliphatic carbocycles. The molecule has 0 saturated heterocycles. The molecule has 18 heavy (non-hydrogen) atoms. The number of sulfonamides is 1. The number of para-hydroxylation sites is 1. The number of anilines is 1. The smallest absolute Gasteiger partial charge is 0.319 e. The summed E-state index contributed by atoms with van der Waals surface area (Å²) in [6.45, 7) is 0.410. The Hall–Kier alpha value is -1.31. The van der Waals surface area contributed by atoms with Crippen molar-refractivity contribution in [2.45, 2.75) is 11.3 Å². The van der Waals surface area contributed by atoms with Gasteiger partial charge in [0, 0.05) is 12.4 Å². The molecular weight excluding hydrogens is 278 g/mol. The Morgan fingerprint density at radius 3 is 2.61 bits per heavy atom. The fourth-order valence-corrected chi connectivity index (χ4v) is 2.08. The Kier molecular flexibility index (Phi) is 5.39. The van der Waals surface area contributed by atoms with Gasteiger partial charge in [0.25, 0.3) is 0 Å². The van der Waals surface area contributed by atoms with Gasteiger partial charge in [0.2, 0.25) is 10.0 Å². The monoisotopic (exact) mass is 291 g/mol. The summed E-state index contributed by atoms with van der Waals surface area (Å²) < 4.78 is 22.6. The van der Waals surface area contributed by atoms with Crippen LogP contribution in [0.4, 0.5) is 10.5 Å². The number of hydrogen-bond donors (Lipinski definition) is 3. The Morgan fingerprint density at radius 2 is 2.00 bits per heavy atom. The topological polar surface area (TPSA) is 101 Å². The van der Waals surface area contributed by atoms with Gasteiger partial charge in [-0.25, -0.2) is 18.4 Å². The molecule has 2 amide bonds. The molecule has 0 fully saturated rings. The van der Waals surface area contributed by atoms with Crippen molar-refractivity contribution >= 4 is 33.3 Å². The first-order valence-corrected chi connectivity index (χ1v) is 7.26. The van der Waals surface area contributed by atoms with E-state index in [1.807, 2.05) is 0 Å². The lowest BCUT2D eigenvalue weighted by Gasteiger charge is -2.10. The molecule has 0 aliphatic heterocycles. The van der Waals surface area contributed by atoms with Crippen molar-refractivity contribution in [2.24, 2.45) is 5.14 Å². The first-order valence-electron chi connectivity index (χ1n) is 5.18. The second-order valence-electron chi connectivity index (χ2n) is 3.46. The van der Waals surface area contributed by atoms with Crippen molar-refractivity contribution in [3.05, 3.63) is 24.3 Å². The molecule has 0 bridgehead atoms. The van der Waals surface area contributed by atoms with Crippen LogP contribution in [0.5, 0.6) is 0 Å². The van der Waals surface area contributed by atoms with E-state index in [9.17, 15) is 13.2 Å². The number of nitrogens with one attached hydrogen (secondary N) is 2. The maximum absolute atomic E-state index is 11.5. The fourth-order valence-electron chi connectivity index (χ4n) is 1.25. The van der Waals surface area contributed by atoms with Crippen LogP contribution in [-0.4, -0.2) is 26.9 Å². The Bertz CT molecular complexity index is 519. The van der Waals surface area contributed by atoms with Crippen LogP contribution in [0, 0.1) is 0 Å². The molecule has 0 saturated carbocycles. The van der Waals surface area contributed by atoms with Crippen molar-refractivity contribution in [1.29, 1.82) is 0 Å². The Labute approximate surface area is 111 Å². The molecule has 1 aromatic carbocycles. The maximum atomic E-state index is 11.5. The number of carbonyl (C=O) groups is 1.